The third-order valence-electron chi connectivity index (χ3n) is 1.81. The molecule has 1 N–H and O–H groups in total. The second kappa shape index (κ2) is 5.62. The standard InChI is InChI=1S/C10H13ClN2O/c1-2-5-13(6-7-14)10-3-4-12-8-9(10)11/h2-4,8,14H,1,5-7H2. The molecule has 76 valence electrons. The zero-order valence-electron chi connectivity index (χ0n) is 7.86. The van der Waals surface area contributed by atoms with Gasteiger partial charge in [-0.2, -0.15) is 0 Å². The van der Waals surface area contributed by atoms with Crippen LogP contribution in [0.25, 0.3) is 0 Å². The predicted molar refractivity (Wildman–Crippen MR) is 58.7 cm³/mol. The van der Waals surface area contributed by atoms with Crippen LogP contribution in [0.5, 0.6) is 0 Å². The molecule has 0 fully saturated rings. The second-order valence-corrected chi connectivity index (χ2v) is 3.19. The molecular formula is C10H13ClN2O. The fourth-order valence-electron chi connectivity index (χ4n) is 1.21. The Kier molecular flexibility index (Phi) is 4.43. The summed E-state index contributed by atoms with van der Waals surface area (Å²) < 4.78 is 0. The van der Waals surface area contributed by atoms with E-state index in [0.717, 1.165) is 5.69 Å². The van der Waals surface area contributed by atoms with Crippen LogP contribution in [0.1, 0.15) is 0 Å². The quantitative estimate of drug-likeness (QED) is 0.756. The van der Waals surface area contributed by atoms with Gasteiger partial charge in [-0.1, -0.05) is 17.7 Å². The van der Waals surface area contributed by atoms with E-state index in [0.29, 0.717) is 18.1 Å². The molecule has 0 radical (unpaired) electrons. The van der Waals surface area contributed by atoms with Crippen molar-refractivity contribution in [3.63, 3.8) is 0 Å². The van der Waals surface area contributed by atoms with Gasteiger partial charge in [-0.25, -0.2) is 0 Å². The van der Waals surface area contributed by atoms with Crippen molar-refractivity contribution in [2.24, 2.45) is 0 Å². The summed E-state index contributed by atoms with van der Waals surface area (Å²) in [6, 6.07) is 1.82. The van der Waals surface area contributed by atoms with Crippen LogP contribution in [0.2, 0.25) is 5.02 Å². The Hall–Kier alpha value is -1.06. The number of nitrogens with zero attached hydrogens (tertiary/aromatic N) is 2. The summed E-state index contributed by atoms with van der Waals surface area (Å²) >= 11 is 5.97. The van der Waals surface area contributed by atoms with Gasteiger partial charge in [-0.3, -0.25) is 4.98 Å². The van der Waals surface area contributed by atoms with Crippen LogP contribution < -0.4 is 4.90 Å². The molecule has 0 aromatic carbocycles. The lowest BCUT2D eigenvalue weighted by atomic mass is 10.3. The number of aliphatic hydroxyl groups is 1. The van der Waals surface area contributed by atoms with Crippen LogP contribution in [0, 0.1) is 0 Å². The lowest BCUT2D eigenvalue weighted by Crippen LogP contribution is -2.26. The Morgan fingerprint density at radius 2 is 2.43 bits per heavy atom. The minimum Gasteiger partial charge on any atom is -0.395 e. The molecular weight excluding hydrogens is 200 g/mol. The van der Waals surface area contributed by atoms with Gasteiger partial charge in [0, 0.05) is 25.5 Å². The largest absolute Gasteiger partial charge is 0.395 e. The van der Waals surface area contributed by atoms with Crippen molar-refractivity contribution in [1.82, 2.24) is 4.98 Å². The Balaban J connectivity index is 2.86. The number of pyridine rings is 1. The van der Waals surface area contributed by atoms with E-state index in [4.69, 9.17) is 16.7 Å². The van der Waals surface area contributed by atoms with Crippen LogP contribution >= 0.6 is 11.6 Å². The van der Waals surface area contributed by atoms with Crippen LogP contribution in [-0.2, 0) is 0 Å². The molecule has 1 aromatic heterocycles. The molecule has 14 heavy (non-hydrogen) atoms. The maximum absolute atomic E-state index is 8.88. The molecule has 1 heterocycles. The van der Waals surface area contributed by atoms with E-state index in [2.05, 4.69) is 11.6 Å². The highest BCUT2D eigenvalue weighted by Crippen LogP contribution is 2.23. The number of aliphatic hydroxyl groups excluding tert-OH is 1. The van der Waals surface area contributed by atoms with Gasteiger partial charge in [0.25, 0.3) is 0 Å². The first-order chi connectivity index (χ1) is 6.79. The van der Waals surface area contributed by atoms with Crippen molar-refractivity contribution in [3.8, 4) is 0 Å². The highest BCUT2D eigenvalue weighted by atomic mass is 35.5. The molecule has 1 rings (SSSR count). The molecule has 1 aromatic rings. The van der Waals surface area contributed by atoms with E-state index < -0.39 is 0 Å². The average Bonchev–Trinajstić information content (AvgIpc) is 2.18. The van der Waals surface area contributed by atoms with Gasteiger partial charge in [0.1, 0.15) is 0 Å². The smallest absolute Gasteiger partial charge is 0.0822 e. The molecule has 0 aliphatic rings. The number of aromatic nitrogens is 1. The molecule has 0 saturated carbocycles. The van der Waals surface area contributed by atoms with Crippen LogP contribution in [0.3, 0.4) is 0 Å². The summed E-state index contributed by atoms with van der Waals surface area (Å²) in [6.07, 6.45) is 5.03. The minimum absolute atomic E-state index is 0.0898. The highest BCUT2D eigenvalue weighted by Gasteiger charge is 2.07. The Bertz CT molecular complexity index is 304. The van der Waals surface area contributed by atoms with E-state index in [1.54, 1.807) is 18.5 Å². The Morgan fingerprint density at radius 1 is 1.64 bits per heavy atom. The van der Waals surface area contributed by atoms with E-state index in [1.807, 2.05) is 11.0 Å². The maximum atomic E-state index is 8.88. The lowest BCUT2D eigenvalue weighted by Gasteiger charge is -2.22. The topological polar surface area (TPSA) is 36.4 Å². The van der Waals surface area contributed by atoms with Gasteiger partial charge >= 0.3 is 0 Å². The summed E-state index contributed by atoms with van der Waals surface area (Å²) in [5.41, 5.74) is 0.871. The monoisotopic (exact) mass is 212 g/mol. The Morgan fingerprint density at radius 3 is 3.00 bits per heavy atom. The van der Waals surface area contributed by atoms with Crippen LogP contribution in [-0.4, -0.2) is 29.8 Å². The molecule has 3 nitrogen and oxygen atoms in total. The van der Waals surface area contributed by atoms with Gasteiger partial charge < -0.3 is 10.0 Å². The fraction of sp³-hybridized carbons (Fsp3) is 0.300. The lowest BCUT2D eigenvalue weighted by molar-refractivity contribution is 0.303. The minimum atomic E-state index is 0.0898. The van der Waals surface area contributed by atoms with E-state index in [1.165, 1.54) is 0 Å². The molecule has 0 amide bonds. The van der Waals surface area contributed by atoms with Crippen molar-refractivity contribution < 1.29 is 5.11 Å². The number of hydrogen-bond donors (Lipinski definition) is 1. The predicted octanol–water partition coefficient (Wildman–Crippen LogP) is 1.72. The number of rotatable bonds is 5. The first-order valence-corrected chi connectivity index (χ1v) is 4.73. The van der Waals surface area contributed by atoms with Crippen LogP contribution in [0.15, 0.2) is 31.1 Å². The van der Waals surface area contributed by atoms with Gasteiger partial charge in [-0.05, 0) is 6.07 Å². The van der Waals surface area contributed by atoms with Crippen molar-refractivity contribution in [1.29, 1.82) is 0 Å². The van der Waals surface area contributed by atoms with E-state index >= 15 is 0 Å². The highest BCUT2D eigenvalue weighted by molar-refractivity contribution is 6.33. The fourth-order valence-corrected chi connectivity index (χ4v) is 1.45. The number of halogens is 1. The molecule has 0 atom stereocenters. The molecule has 0 aliphatic carbocycles. The summed E-state index contributed by atoms with van der Waals surface area (Å²) in [7, 11) is 0. The Labute approximate surface area is 88.6 Å². The molecule has 0 saturated heterocycles. The molecule has 0 aliphatic heterocycles. The SMILES string of the molecule is C=CCN(CCO)c1ccncc1Cl. The van der Waals surface area contributed by atoms with Crippen molar-refractivity contribution in [2.75, 3.05) is 24.6 Å². The van der Waals surface area contributed by atoms with E-state index in [-0.39, 0.29) is 6.61 Å². The first-order valence-electron chi connectivity index (χ1n) is 4.35. The summed E-state index contributed by atoms with van der Waals surface area (Å²) in [4.78, 5) is 5.84. The van der Waals surface area contributed by atoms with Crippen molar-refractivity contribution >= 4 is 17.3 Å². The summed E-state index contributed by atoms with van der Waals surface area (Å²) in [6.45, 7) is 4.94. The number of anilines is 1. The van der Waals surface area contributed by atoms with E-state index in [9.17, 15) is 0 Å². The van der Waals surface area contributed by atoms with Crippen LogP contribution in [0.4, 0.5) is 5.69 Å². The average molecular weight is 213 g/mol. The molecule has 0 spiro atoms. The molecule has 0 bridgehead atoms. The summed E-state index contributed by atoms with van der Waals surface area (Å²) in [5.74, 6) is 0. The van der Waals surface area contributed by atoms with Gasteiger partial charge in [0.2, 0.25) is 0 Å². The third-order valence-corrected chi connectivity index (χ3v) is 2.10. The third kappa shape index (κ3) is 2.72. The second-order valence-electron chi connectivity index (χ2n) is 2.79. The normalized spacial score (nSPS) is 9.86. The van der Waals surface area contributed by atoms with Gasteiger partial charge in [0.15, 0.2) is 0 Å². The summed E-state index contributed by atoms with van der Waals surface area (Å²) in [5, 5.41) is 9.47. The van der Waals surface area contributed by atoms with Crippen molar-refractivity contribution in [2.45, 2.75) is 0 Å². The first kappa shape index (κ1) is 11.0. The molecule has 4 heteroatoms. The number of hydrogen-bond acceptors (Lipinski definition) is 3. The molecule has 0 unspecified atom stereocenters. The van der Waals surface area contributed by atoms with Gasteiger partial charge in [0.05, 0.1) is 17.3 Å². The van der Waals surface area contributed by atoms with Crippen molar-refractivity contribution in [3.05, 3.63) is 36.1 Å². The maximum Gasteiger partial charge on any atom is 0.0822 e. The zero-order chi connectivity index (χ0) is 10.4. The zero-order valence-corrected chi connectivity index (χ0v) is 8.61. The van der Waals surface area contributed by atoms with Gasteiger partial charge in [-0.15, -0.1) is 6.58 Å².